The number of benzene rings is 1. The van der Waals surface area contributed by atoms with Gasteiger partial charge in [-0.2, -0.15) is 0 Å². The van der Waals surface area contributed by atoms with Crippen LogP contribution in [0.4, 0.5) is 0 Å². The lowest BCUT2D eigenvalue weighted by molar-refractivity contribution is -0.148. The molecule has 2 atom stereocenters. The smallest absolute Gasteiger partial charge is 0.309 e. The normalized spacial score (nSPS) is 14.2. The maximum atomic E-state index is 11.6. The van der Waals surface area contributed by atoms with Gasteiger partial charge in [0.2, 0.25) is 0 Å². The average molecular weight is 284 g/mol. The minimum Gasteiger partial charge on any atom is -0.466 e. The second kappa shape index (κ2) is 7.51. The second-order valence-corrected chi connectivity index (χ2v) is 5.20. The first kappa shape index (κ1) is 16.0. The van der Waals surface area contributed by atoms with Crippen LogP contribution < -0.4 is 0 Å². The molecule has 0 aliphatic heterocycles. The van der Waals surface area contributed by atoms with Gasteiger partial charge >= 0.3 is 5.97 Å². The Hall–Kier alpha value is -1.06. The van der Waals surface area contributed by atoms with E-state index < -0.39 is 0 Å². The van der Waals surface area contributed by atoms with Gasteiger partial charge < -0.3 is 4.74 Å². The molecule has 1 rings (SSSR count). The second-order valence-electron chi connectivity index (χ2n) is 4.79. The summed E-state index contributed by atoms with van der Waals surface area (Å²) in [6.45, 7) is 6.85. The largest absolute Gasteiger partial charge is 0.466 e. The monoisotopic (exact) mass is 283 g/mol. The number of esters is 1. The van der Waals surface area contributed by atoms with E-state index in [0.29, 0.717) is 13.2 Å². The number of hydrogen-bond donors (Lipinski definition) is 0. The van der Waals surface area contributed by atoms with Crippen molar-refractivity contribution in [2.45, 2.75) is 26.8 Å². The van der Waals surface area contributed by atoms with Crippen LogP contribution in [0.15, 0.2) is 24.3 Å². The third-order valence-electron chi connectivity index (χ3n) is 3.27. The molecule has 0 saturated carbocycles. The quantitative estimate of drug-likeness (QED) is 0.748. The van der Waals surface area contributed by atoms with Gasteiger partial charge in [0.1, 0.15) is 0 Å². The van der Waals surface area contributed by atoms with E-state index in [1.165, 1.54) is 0 Å². The zero-order chi connectivity index (χ0) is 14.4. The Balaban J connectivity index is 2.65. The van der Waals surface area contributed by atoms with Crippen molar-refractivity contribution in [1.29, 1.82) is 0 Å². The SMILES string of the molecule is CCOC(=O)C(C)CN(C)C(C)c1ccccc1Cl. The van der Waals surface area contributed by atoms with Crippen LogP contribution in [0.5, 0.6) is 0 Å². The van der Waals surface area contributed by atoms with Gasteiger partial charge in [-0.1, -0.05) is 36.7 Å². The Labute approximate surface area is 120 Å². The Bertz CT molecular complexity index is 422. The summed E-state index contributed by atoms with van der Waals surface area (Å²) in [5, 5.41) is 0.755. The number of halogens is 1. The number of ether oxygens (including phenoxy) is 1. The molecule has 0 aliphatic rings. The maximum Gasteiger partial charge on any atom is 0.309 e. The van der Waals surface area contributed by atoms with Crippen LogP contribution in [-0.2, 0) is 9.53 Å². The van der Waals surface area contributed by atoms with Gasteiger partial charge in [-0.3, -0.25) is 9.69 Å². The molecule has 0 saturated heterocycles. The summed E-state index contributed by atoms with van der Waals surface area (Å²) in [7, 11) is 1.99. The van der Waals surface area contributed by atoms with Crippen molar-refractivity contribution in [3.8, 4) is 0 Å². The molecule has 0 amide bonds. The molecule has 0 spiro atoms. The van der Waals surface area contributed by atoms with Crippen LogP contribution in [0.3, 0.4) is 0 Å². The summed E-state index contributed by atoms with van der Waals surface area (Å²) < 4.78 is 5.02. The first-order valence-corrected chi connectivity index (χ1v) is 6.96. The number of nitrogens with zero attached hydrogens (tertiary/aromatic N) is 1. The fourth-order valence-electron chi connectivity index (χ4n) is 2.00. The maximum absolute atomic E-state index is 11.6. The van der Waals surface area contributed by atoms with Gasteiger partial charge in [0.05, 0.1) is 12.5 Å². The van der Waals surface area contributed by atoms with Gasteiger partial charge in [0.15, 0.2) is 0 Å². The molecule has 0 radical (unpaired) electrons. The summed E-state index contributed by atoms with van der Waals surface area (Å²) in [4.78, 5) is 13.7. The van der Waals surface area contributed by atoms with Gasteiger partial charge in [0.25, 0.3) is 0 Å². The number of hydrogen-bond acceptors (Lipinski definition) is 3. The van der Waals surface area contributed by atoms with Crippen LogP contribution >= 0.6 is 11.6 Å². The van der Waals surface area contributed by atoms with Crippen molar-refractivity contribution in [3.05, 3.63) is 34.9 Å². The molecule has 106 valence electrons. The Morgan fingerprint density at radius 1 is 1.37 bits per heavy atom. The van der Waals surface area contributed by atoms with E-state index in [0.717, 1.165) is 10.6 Å². The van der Waals surface area contributed by atoms with Crippen LogP contribution in [0.2, 0.25) is 5.02 Å². The highest BCUT2D eigenvalue weighted by atomic mass is 35.5. The molecule has 0 aliphatic carbocycles. The van der Waals surface area contributed by atoms with Crippen molar-refractivity contribution in [2.24, 2.45) is 5.92 Å². The highest BCUT2D eigenvalue weighted by Crippen LogP contribution is 2.26. The third-order valence-corrected chi connectivity index (χ3v) is 3.61. The van der Waals surface area contributed by atoms with E-state index in [-0.39, 0.29) is 17.9 Å². The molecule has 3 nitrogen and oxygen atoms in total. The standard InChI is InChI=1S/C15H22ClNO2/c1-5-19-15(18)11(2)10-17(4)12(3)13-8-6-7-9-14(13)16/h6-9,11-12H,5,10H2,1-4H3. The zero-order valence-electron chi connectivity index (χ0n) is 12.0. The predicted molar refractivity (Wildman–Crippen MR) is 78.3 cm³/mol. The molecule has 0 N–H and O–H groups in total. The highest BCUT2D eigenvalue weighted by Gasteiger charge is 2.20. The molecule has 0 fully saturated rings. The molecular weight excluding hydrogens is 262 g/mol. The Morgan fingerprint density at radius 3 is 2.58 bits per heavy atom. The van der Waals surface area contributed by atoms with Crippen LogP contribution in [0.1, 0.15) is 32.4 Å². The average Bonchev–Trinajstić information content (AvgIpc) is 2.38. The van der Waals surface area contributed by atoms with E-state index in [4.69, 9.17) is 16.3 Å². The summed E-state index contributed by atoms with van der Waals surface area (Å²) in [6.07, 6.45) is 0. The highest BCUT2D eigenvalue weighted by molar-refractivity contribution is 6.31. The predicted octanol–water partition coefficient (Wildman–Crippen LogP) is 3.53. The lowest BCUT2D eigenvalue weighted by atomic mass is 10.1. The van der Waals surface area contributed by atoms with Gasteiger partial charge in [-0.05, 0) is 32.5 Å². The van der Waals surface area contributed by atoms with Crippen LogP contribution in [0.25, 0.3) is 0 Å². The number of carbonyl (C=O) groups excluding carboxylic acids is 1. The lowest BCUT2D eigenvalue weighted by Gasteiger charge is -2.27. The Kier molecular flexibility index (Phi) is 6.32. The van der Waals surface area contributed by atoms with Gasteiger partial charge in [-0.15, -0.1) is 0 Å². The lowest BCUT2D eigenvalue weighted by Crippen LogP contribution is -2.31. The summed E-state index contributed by atoms with van der Waals surface area (Å²) in [5.74, 6) is -0.296. The van der Waals surface area contributed by atoms with E-state index in [2.05, 4.69) is 11.8 Å². The van der Waals surface area contributed by atoms with Crippen molar-refractivity contribution >= 4 is 17.6 Å². The van der Waals surface area contributed by atoms with Gasteiger partial charge in [-0.25, -0.2) is 0 Å². The van der Waals surface area contributed by atoms with Crippen molar-refractivity contribution < 1.29 is 9.53 Å². The molecule has 19 heavy (non-hydrogen) atoms. The fraction of sp³-hybridized carbons (Fsp3) is 0.533. The molecule has 0 heterocycles. The van der Waals surface area contributed by atoms with Crippen LogP contribution in [-0.4, -0.2) is 31.1 Å². The topological polar surface area (TPSA) is 29.5 Å². The fourth-order valence-corrected chi connectivity index (χ4v) is 2.29. The summed E-state index contributed by atoms with van der Waals surface area (Å²) >= 11 is 6.19. The first-order chi connectivity index (χ1) is 8.97. The zero-order valence-corrected chi connectivity index (χ0v) is 12.8. The molecular formula is C15H22ClNO2. The third kappa shape index (κ3) is 4.51. The van der Waals surface area contributed by atoms with E-state index in [1.54, 1.807) is 0 Å². The van der Waals surface area contributed by atoms with E-state index in [1.807, 2.05) is 45.2 Å². The number of rotatable bonds is 6. The minimum absolute atomic E-state index is 0.144. The van der Waals surface area contributed by atoms with E-state index in [9.17, 15) is 4.79 Å². The molecule has 0 bridgehead atoms. The first-order valence-electron chi connectivity index (χ1n) is 6.58. The van der Waals surface area contributed by atoms with Crippen molar-refractivity contribution in [1.82, 2.24) is 4.90 Å². The van der Waals surface area contributed by atoms with Crippen molar-refractivity contribution in [3.63, 3.8) is 0 Å². The summed E-state index contributed by atoms with van der Waals surface area (Å²) in [6, 6.07) is 7.94. The van der Waals surface area contributed by atoms with E-state index >= 15 is 0 Å². The Morgan fingerprint density at radius 2 is 2.00 bits per heavy atom. The summed E-state index contributed by atoms with van der Waals surface area (Å²) in [5.41, 5.74) is 1.07. The van der Waals surface area contributed by atoms with Crippen LogP contribution in [0, 0.1) is 5.92 Å². The van der Waals surface area contributed by atoms with Gasteiger partial charge in [0, 0.05) is 17.6 Å². The molecule has 4 heteroatoms. The molecule has 0 aromatic heterocycles. The molecule has 1 aromatic rings. The number of carbonyl (C=O) groups is 1. The minimum atomic E-state index is -0.152. The van der Waals surface area contributed by atoms with Crippen molar-refractivity contribution in [2.75, 3.05) is 20.2 Å². The molecule has 2 unspecified atom stereocenters. The molecule has 1 aromatic carbocycles.